The van der Waals surface area contributed by atoms with Crippen molar-refractivity contribution in [2.75, 3.05) is 26.4 Å². The van der Waals surface area contributed by atoms with Gasteiger partial charge < -0.3 is 81.1 Å². The van der Waals surface area contributed by atoms with Crippen LogP contribution in [0.3, 0.4) is 0 Å². The van der Waals surface area contributed by atoms with Gasteiger partial charge in [-0.3, -0.25) is 4.79 Å². The molecule has 0 aromatic heterocycles. The Kier molecular flexibility index (Phi) is 22.6. The molecule has 0 aliphatic heterocycles. The molecule has 17 heteroatoms. The summed E-state index contributed by atoms with van der Waals surface area (Å²) in [4.78, 5) is 30.2. The van der Waals surface area contributed by atoms with E-state index in [2.05, 4.69) is 0 Å². The largest absolute Gasteiger partial charge is 0.394 e. The zero-order valence-corrected chi connectivity index (χ0v) is 17.7. The van der Waals surface area contributed by atoms with Crippen LogP contribution in [-0.4, -0.2) is 177 Å². The lowest BCUT2D eigenvalue weighted by atomic mass is 10.0. The molecule has 0 rings (SSSR count). The third kappa shape index (κ3) is 14.7. The first-order valence-electron chi connectivity index (χ1n) is 9.39. The molecule has 0 saturated carbocycles. The average molecular weight is 510 g/mol. The van der Waals surface area contributed by atoms with Gasteiger partial charge in [0, 0.05) is 0 Å². The highest BCUT2D eigenvalue weighted by Gasteiger charge is 2.30. The molecule has 0 amide bonds. The van der Waals surface area contributed by atoms with E-state index in [1.165, 1.54) is 0 Å². The van der Waals surface area contributed by atoms with Gasteiger partial charge >= 0.3 is 0 Å². The molecule has 0 bridgehead atoms. The third-order valence-electron chi connectivity index (χ3n) is 3.88. The van der Waals surface area contributed by atoms with Crippen LogP contribution in [-0.2, 0) is 14.4 Å². The van der Waals surface area contributed by atoms with E-state index in [1.54, 1.807) is 0 Å². The predicted molar refractivity (Wildman–Crippen MR) is 106 cm³/mol. The van der Waals surface area contributed by atoms with Crippen molar-refractivity contribution >= 4 is 18.4 Å². The molecule has 0 aliphatic carbocycles. The second kappa shape index (κ2) is 20.8. The van der Waals surface area contributed by atoms with Gasteiger partial charge in [-0.25, -0.2) is 0 Å². The van der Waals surface area contributed by atoms with E-state index < -0.39 is 93.3 Å². The van der Waals surface area contributed by atoms with Crippen LogP contribution in [0.25, 0.3) is 0 Å². The molecule has 0 heterocycles. The smallest absolute Gasteiger partial charge is 0.189 e. The number of aliphatic hydroxyl groups excluding tert-OH is 14. The van der Waals surface area contributed by atoms with Gasteiger partial charge in [0.1, 0.15) is 67.6 Å². The normalized spacial score (nSPS) is 19.7. The standard InChI is InChI=1S/2C6H12O6.C5H10O5/c2*7-1-3(9)5(11)6(12)4(10)2-8;6-1-3(8)5(10)4(9)2-7/h3,5-9,11-12H,1-2H2;1,3-6,8-12H,2H2;1,3-5,7-10H,2H2/t3-,5-,6-;3-,4+,5+,6+;3-,4-,5+/m100/s1. The molecular weight excluding hydrogens is 476 g/mol. The number of Topliss-reactive ketones (excluding diaryl/α,β-unsaturated/α-hetero) is 1. The summed E-state index contributed by atoms with van der Waals surface area (Å²) in [5.41, 5.74) is 0. The van der Waals surface area contributed by atoms with E-state index in [-0.39, 0.29) is 12.6 Å². The Labute approximate surface area is 192 Å². The van der Waals surface area contributed by atoms with Gasteiger partial charge in [0.25, 0.3) is 0 Å². The average Bonchev–Trinajstić information content (AvgIpc) is 2.88. The molecule has 14 N–H and O–H groups in total. The summed E-state index contributed by atoms with van der Waals surface area (Å²) in [5.74, 6) is -1.00. The Morgan fingerprint density at radius 3 is 1.18 bits per heavy atom. The number of aldehydes is 2. The molecule has 0 spiro atoms. The van der Waals surface area contributed by atoms with Crippen LogP contribution in [0.15, 0.2) is 0 Å². The number of hydrogen-bond donors (Lipinski definition) is 14. The Morgan fingerprint density at radius 2 is 0.853 bits per heavy atom. The van der Waals surface area contributed by atoms with Crippen molar-refractivity contribution in [1.82, 2.24) is 0 Å². The fourth-order valence-electron chi connectivity index (χ4n) is 1.64. The Morgan fingerprint density at radius 1 is 0.529 bits per heavy atom. The first-order valence-corrected chi connectivity index (χ1v) is 9.39. The van der Waals surface area contributed by atoms with Crippen LogP contribution < -0.4 is 0 Å². The summed E-state index contributed by atoms with van der Waals surface area (Å²) in [5, 5.41) is 121. The van der Waals surface area contributed by atoms with Crippen LogP contribution in [0.2, 0.25) is 0 Å². The molecule has 0 aromatic rings. The summed E-state index contributed by atoms with van der Waals surface area (Å²) >= 11 is 0. The predicted octanol–water partition coefficient (Wildman–Crippen LogP) is -9.50. The summed E-state index contributed by atoms with van der Waals surface area (Å²) in [6, 6.07) is 0. The molecule has 10 atom stereocenters. The van der Waals surface area contributed by atoms with Crippen LogP contribution in [0.5, 0.6) is 0 Å². The van der Waals surface area contributed by atoms with E-state index >= 15 is 0 Å². The van der Waals surface area contributed by atoms with Crippen molar-refractivity contribution in [3.05, 3.63) is 0 Å². The summed E-state index contributed by atoms with van der Waals surface area (Å²) in [6.45, 7) is -3.14. The van der Waals surface area contributed by atoms with Crippen molar-refractivity contribution in [2.24, 2.45) is 0 Å². The van der Waals surface area contributed by atoms with Gasteiger partial charge in [0.05, 0.1) is 19.8 Å². The summed E-state index contributed by atoms with van der Waals surface area (Å²) < 4.78 is 0. The summed E-state index contributed by atoms with van der Waals surface area (Å²) in [7, 11) is 0. The minimum absolute atomic E-state index is 0.0258. The molecule has 34 heavy (non-hydrogen) atoms. The highest BCUT2D eigenvalue weighted by molar-refractivity contribution is 5.84. The number of hydrogen-bond acceptors (Lipinski definition) is 17. The van der Waals surface area contributed by atoms with Crippen LogP contribution >= 0.6 is 0 Å². The second-order valence-electron chi connectivity index (χ2n) is 6.53. The number of carbonyl (C=O) groups is 3. The van der Waals surface area contributed by atoms with Gasteiger partial charge in [-0.1, -0.05) is 0 Å². The zero-order chi connectivity index (χ0) is 27.6. The first kappa shape index (κ1) is 37.0. The van der Waals surface area contributed by atoms with E-state index in [1.807, 2.05) is 0 Å². The number of aliphatic hydroxyl groups is 14. The quantitative estimate of drug-likeness (QED) is 0.0964. The SMILES string of the molecule is O=C(CO)[C@@H](O)[C@H](O)[C@H](O)CO.O=C[C@H](O)[C@@H](O)[C@@H](O)CO.O=C[C@H](O)[C@@H](O)[C@H](O)[C@H](O)CO. The Bertz CT molecular complexity index is 534. The lowest BCUT2D eigenvalue weighted by Gasteiger charge is -2.22. The maximum atomic E-state index is 10.5. The lowest BCUT2D eigenvalue weighted by molar-refractivity contribution is -0.142. The molecule has 0 aliphatic rings. The Hall–Kier alpha value is -1.55. The number of ketones is 1. The minimum Gasteiger partial charge on any atom is -0.394 e. The van der Waals surface area contributed by atoms with Gasteiger partial charge in [-0.05, 0) is 0 Å². The molecular formula is C17H34O17. The molecule has 0 aromatic carbocycles. The van der Waals surface area contributed by atoms with Gasteiger partial charge in [-0.2, -0.15) is 0 Å². The van der Waals surface area contributed by atoms with E-state index in [9.17, 15) is 14.4 Å². The van der Waals surface area contributed by atoms with E-state index in [4.69, 9.17) is 71.5 Å². The molecule has 0 fully saturated rings. The fraction of sp³-hybridized carbons (Fsp3) is 0.824. The minimum atomic E-state index is -1.86. The van der Waals surface area contributed by atoms with Crippen molar-refractivity contribution in [3.8, 4) is 0 Å². The first-order chi connectivity index (χ1) is 15.7. The van der Waals surface area contributed by atoms with Crippen LogP contribution in [0.1, 0.15) is 0 Å². The van der Waals surface area contributed by atoms with Gasteiger partial charge in [0.2, 0.25) is 0 Å². The maximum Gasteiger partial charge on any atom is 0.189 e. The number of rotatable bonds is 14. The van der Waals surface area contributed by atoms with E-state index in [0.29, 0.717) is 0 Å². The molecule has 0 radical (unpaired) electrons. The summed E-state index contributed by atoms with van der Waals surface area (Å²) in [6.07, 6.45) is -16.7. The molecule has 0 saturated heterocycles. The highest BCUT2D eigenvalue weighted by atomic mass is 16.4. The Balaban J connectivity index is -0.000000426. The van der Waals surface area contributed by atoms with Crippen LogP contribution in [0, 0.1) is 0 Å². The molecule has 204 valence electrons. The molecule has 17 nitrogen and oxygen atoms in total. The van der Waals surface area contributed by atoms with Crippen molar-refractivity contribution < 1.29 is 85.9 Å². The lowest BCUT2D eigenvalue weighted by Crippen LogP contribution is -2.46. The number of carbonyl (C=O) groups excluding carboxylic acids is 3. The van der Waals surface area contributed by atoms with Crippen molar-refractivity contribution in [3.63, 3.8) is 0 Å². The fourth-order valence-corrected chi connectivity index (χ4v) is 1.64. The van der Waals surface area contributed by atoms with Gasteiger partial charge in [-0.15, -0.1) is 0 Å². The monoisotopic (exact) mass is 510 g/mol. The van der Waals surface area contributed by atoms with Gasteiger partial charge in [0.15, 0.2) is 18.4 Å². The van der Waals surface area contributed by atoms with E-state index in [0.717, 1.165) is 0 Å². The van der Waals surface area contributed by atoms with Crippen molar-refractivity contribution in [1.29, 1.82) is 0 Å². The topological polar surface area (TPSA) is 334 Å². The molecule has 0 unspecified atom stereocenters. The highest BCUT2D eigenvalue weighted by Crippen LogP contribution is 2.03. The van der Waals surface area contributed by atoms with Crippen molar-refractivity contribution in [2.45, 2.75) is 61.0 Å². The zero-order valence-electron chi connectivity index (χ0n) is 17.7. The van der Waals surface area contributed by atoms with Crippen LogP contribution in [0.4, 0.5) is 0 Å². The maximum absolute atomic E-state index is 10.5. The third-order valence-corrected chi connectivity index (χ3v) is 3.88. The second-order valence-corrected chi connectivity index (χ2v) is 6.53.